The maximum absolute atomic E-state index is 11.2. The summed E-state index contributed by atoms with van der Waals surface area (Å²) in [6, 6.07) is 6.09. The molecule has 4 N–H and O–H groups in total. The van der Waals surface area contributed by atoms with Crippen molar-refractivity contribution < 1.29 is 24.5 Å². The van der Waals surface area contributed by atoms with Crippen molar-refractivity contribution in [2.75, 3.05) is 0 Å². The largest absolute Gasteiger partial charge is 0.480 e. The summed E-state index contributed by atoms with van der Waals surface area (Å²) in [5.74, 6) is -1.49. The van der Waals surface area contributed by atoms with Crippen molar-refractivity contribution in [1.29, 1.82) is 0 Å². The molecule has 0 saturated heterocycles. The Balaban J connectivity index is 2.00. The third kappa shape index (κ3) is 4.21. The van der Waals surface area contributed by atoms with Gasteiger partial charge in [-0.3, -0.25) is 4.79 Å². The van der Waals surface area contributed by atoms with E-state index >= 15 is 0 Å². The van der Waals surface area contributed by atoms with Gasteiger partial charge in [-0.1, -0.05) is 25.0 Å². The van der Waals surface area contributed by atoms with Gasteiger partial charge in [0, 0.05) is 6.42 Å². The highest BCUT2D eigenvalue weighted by molar-refractivity contribution is 5.77. The summed E-state index contributed by atoms with van der Waals surface area (Å²) >= 11 is 0. The van der Waals surface area contributed by atoms with Gasteiger partial charge in [0.05, 0.1) is 0 Å². The lowest BCUT2D eigenvalue weighted by Crippen LogP contribution is -2.39. The molecule has 120 valence electrons. The van der Waals surface area contributed by atoms with E-state index in [1.54, 1.807) is 12.1 Å². The lowest BCUT2D eigenvalue weighted by Gasteiger charge is -2.18. The van der Waals surface area contributed by atoms with Gasteiger partial charge in [0.15, 0.2) is 6.10 Å². The molecule has 0 spiro atoms. The summed E-state index contributed by atoms with van der Waals surface area (Å²) in [5.41, 5.74) is 6.61. The second-order valence-electron chi connectivity index (χ2n) is 5.68. The van der Waals surface area contributed by atoms with Crippen LogP contribution in [-0.4, -0.2) is 34.3 Å². The van der Waals surface area contributed by atoms with E-state index in [2.05, 4.69) is 0 Å². The molecular weight excluding hydrogens is 286 g/mol. The molecule has 1 aromatic carbocycles. The van der Waals surface area contributed by atoms with E-state index in [0.29, 0.717) is 11.7 Å². The van der Waals surface area contributed by atoms with Crippen LogP contribution in [0.1, 0.15) is 43.6 Å². The van der Waals surface area contributed by atoms with Crippen molar-refractivity contribution in [3.8, 4) is 5.75 Å². The fourth-order valence-electron chi connectivity index (χ4n) is 2.77. The summed E-state index contributed by atoms with van der Waals surface area (Å²) in [4.78, 5) is 21.9. The van der Waals surface area contributed by atoms with E-state index in [-0.39, 0.29) is 6.42 Å². The normalized spacial score (nSPS) is 17.9. The number of hydrogen-bond acceptors (Lipinski definition) is 4. The summed E-state index contributed by atoms with van der Waals surface area (Å²) in [6.07, 6.45) is 3.31. The van der Waals surface area contributed by atoms with Gasteiger partial charge in [-0.25, -0.2) is 4.79 Å². The molecule has 1 saturated carbocycles. The van der Waals surface area contributed by atoms with Gasteiger partial charge in [0.25, 0.3) is 0 Å². The van der Waals surface area contributed by atoms with Crippen LogP contribution in [0.25, 0.3) is 0 Å². The van der Waals surface area contributed by atoms with Crippen molar-refractivity contribution in [1.82, 2.24) is 0 Å². The zero-order chi connectivity index (χ0) is 16.1. The predicted octanol–water partition coefficient (Wildman–Crippen LogP) is 1.98. The summed E-state index contributed by atoms with van der Waals surface area (Å²) in [7, 11) is 0. The number of nitrogens with two attached hydrogens (primary N) is 1. The zero-order valence-corrected chi connectivity index (χ0v) is 12.3. The van der Waals surface area contributed by atoms with Crippen molar-refractivity contribution in [2.45, 2.75) is 50.2 Å². The highest BCUT2D eigenvalue weighted by Crippen LogP contribution is 2.34. The molecule has 1 aromatic rings. The maximum atomic E-state index is 11.2. The molecule has 0 radical (unpaired) electrons. The van der Waals surface area contributed by atoms with Crippen LogP contribution in [0.5, 0.6) is 5.75 Å². The molecule has 0 amide bonds. The first kappa shape index (κ1) is 16.3. The number of hydrogen-bond donors (Lipinski definition) is 3. The van der Waals surface area contributed by atoms with Crippen LogP contribution in [0.15, 0.2) is 24.3 Å². The van der Waals surface area contributed by atoms with Gasteiger partial charge in [0.1, 0.15) is 11.8 Å². The number of carbonyl (C=O) groups is 2. The SMILES string of the molecule is NC(CC(Oc1ccc(C2CCCC2)cc1)C(=O)O)C(=O)O. The van der Waals surface area contributed by atoms with E-state index in [1.807, 2.05) is 12.1 Å². The van der Waals surface area contributed by atoms with Gasteiger partial charge >= 0.3 is 11.9 Å². The van der Waals surface area contributed by atoms with Gasteiger partial charge in [-0.2, -0.15) is 0 Å². The third-order valence-electron chi connectivity index (χ3n) is 4.05. The van der Waals surface area contributed by atoms with E-state index in [0.717, 1.165) is 0 Å². The second-order valence-corrected chi connectivity index (χ2v) is 5.68. The Labute approximate surface area is 128 Å². The first-order valence-electron chi connectivity index (χ1n) is 7.45. The van der Waals surface area contributed by atoms with Crippen molar-refractivity contribution >= 4 is 11.9 Å². The van der Waals surface area contributed by atoms with Gasteiger partial charge < -0.3 is 20.7 Å². The van der Waals surface area contributed by atoms with Crippen molar-refractivity contribution in [3.05, 3.63) is 29.8 Å². The van der Waals surface area contributed by atoms with Crippen LogP contribution in [-0.2, 0) is 9.59 Å². The molecule has 1 fully saturated rings. The monoisotopic (exact) mass is 307 g/mol. The van der Waals surface area contributed by atoms with Crippen LogP contribution < -0.4 is 10.5 Å². The lowest BCUT2D eigenvalue weighted by molar-refractivity contribution is -0.146. The molecule has 0 aliphatic heterocycles. The molecule has 0 heterocycles. The molecule has 2 atom stereocenters. The number of rotatable bonds is 7. The van der Waals surface area contributed by atoms with Gasteiger partial charge in [-0.05, 0) is 36.5 Å². The number of benzene rings is 1. The smallest absolute Gasteiger partial charge is 0.344 e. The number of aliphatic carboxylic acids is 2. The Morgan fingerprint density at radius 2 is 1.73 bits per heavy atom. The summed E-state index contributed by atoms with van der Waals surface area (Å²) < 4.78 is 5.37. The van der Waals surface area contributed by atoms with Crippen LogP contribution in [0.4, 0.5) is 0 Å². The van der Waals surface area contributed by atoms with Crippen LogP contribution in [0.2, 0.25) is 0 Å². The molecule has 0 aromatic heterocycles. The molecule has 6 heteroatoms. The predicted molar refractivity (Wildman–Crippen MR) is 79.9 cm³/mol. The second kappa shape index (κ2) is 7.26. The quantitative estimate of drug-likeness (QED) is 0.710. The highest BCUT2D eigenvalue weighted by atomic mass is 16.5. The standard InChI is InChI=1S/C16H21NO5/c17-13(15(18)19)9-14(16(20)21)22-12-7-5-11(6-8-12)10-3-1-2-4-10/h5-8,10,13-14H,1-4,9,17H2,(H,18,19)(H,20,21). The third-order valence-corrected chi connectivity index (χ3v) is 4.05. The summed E-state index contributed by atoms with van der Waals surface area (Å²) in [6.45, 7) is 0. The van der Waals surface area contributed by atoms with Crippen molar-refractivity contribution in [3.63, 3.8) is 0 Å². The van der Waals surface area contributed by atoms with E-state index < -0.39 is 24.1 Å². The van der Waals surface area contributed by atoms with Gasteiger partial charge in [0.2, 0.25) is 0 Å². The molecule has 1 aliphatic carbocycles. The molecule has 6 nitrogen and oxygen atoms in total. The number of ether oxygens (including phenoxy) is 1. The Kier molecular flexibility index (Phi) is 5.38. The highest BCUT2D eigenvalue weighted by Gasteiger charge is 2.26. The van der Waals surface area contributed by atoms with E-state index in [9.17, 15) is 9.59 Å². The van der Waals surface area contributed by atoms with E-state index in [1.165, 1.54) is 31.2 Å². The van der Waals surface area contributed by atoms with Gasteiger partial charge in [-0.15, -0.1) is 0 Å². The average Bonchev–Trinajstić information content (AvgIpc) is 3.01. The van der Waals surface area contributed by atoms with Crippen LogP contribution >= 0.6 is 0 Å². The fraction of sp³-hybridized carbons (Fsp3) is 0.500. The summed E-state index contributed by atoms with van der Waals surface area (Å²) in [5, 5.41) is 17.9. The maximum Gasteiger partial charge on any atom is 0.344 e. The lowest BCUT2D eigenvalue weighted by atomic mass is 9.98. The Morgan fingerprint density at radius 1 is 1.14 bits per heavy atom. The Bertz CT molecular complexity index is 522. The molecule has 0 bridgehead atoms. The minimum atomic E-state index is -1.27. The van der Waals surface area contributed by atoms with Crippen LogP contribution in [0.3, 0.4) is 0 Å². The minimum absolute atomic E-state index is 0.283. The fourth-order valence-corrected chi connectivity index (χ4v) is 2.77. The van der Waals surface area contributed by atoms with Crippen molar-refractivity contribution in [2.24, 2.45) is 5.73 Å². The topological polar surface area (TPSA) is 110 Å². The van der Waals surface area contributed by atoms with Crippen LogP contribution in [0, 0.1) is 0 Å². The molecular formula is C16H21NO5. The first-order valence-corrected chi connectivity index (χ1v) is 7.45. The minimum Gasteiger partial charge on any atom is -0.480 e. The molecule has 2 rings (SSSR count). The zero-order valence-electron chi connectivity index (χ0n) is 12.3. The van der Waals surface area contributed by atoms with E-state index in [4.69, 9.17) is 20.7 Å². The Hall–Kier alpha value is -2.08. The molecule has 2 unspecified atom stereocenters. The average molecular weight is 307 g/mol. The molecule has 22 heavy (non-hydrogen) atoms. The first-order chi connectivity index (χ1) is 10.5. The number of carboxylic acids is 2. The molecule has 1 aliphatic rings. The number of carboxylic acid groups (broad SMARTS) is 2. The Morgan fingerprint density at radius 3 is 2.23 bits per heavy atom.